The minimum atomic E-state index is 0.532. The lowest BCUT2D eigenvalue weighted by molar-refractivity contribution is 0.171. The molecule has 0 unspecified atom stereocenters. The molecule has 1 aromatic carbocycles. The minimum absolute atomic E-state index is 0.532. The van der Waals surface area contributed by atoms with Gasteiger partial charge in [-0.05, 0) is 30.2 Å². The normalized spacial score (nSPS) is 13.0. The Morgan fingerprint density at radius 1 is 1.19 bits per heavy atom. The van der Waals surface area contributed by atoms with Gasteiger partial charge in [-0.15, -0.1) is 0 Å². The maximum Gasteiger partial charge on any atom is 0.161 e. The van der Waals surface area contributed by atoms with Crippen LogP contribution in [0.1, 0.15) is 5.56 Å². The third-order valence-electron chi connectivity index (χ3n) is 3.20. The maximum absolute atomic E-state index is 5.85. The van der Waals surface area contributed by atoms with Gasteiger partial charge in [-0.3, -0.25) is 0 Å². The molecule has 0 saturated heterocycles. The average molecular weight is 306 g/mol. The number of pyridine rings is 1. The first-order chi connectivity index (χ1) is 10.2. The van der Waals surface area contributed by atoms with Gasteiger partial charge in [0, 0.05) is 12.7 Å². The highest BCUT2D eigenvalue weighted by Crippen LogP contribution is 2.30. The Kier molecular flexibility index (Phi) is 4.01. The Balaban J connectivity index is 1.60. The van der Waals surface area contributed by atoms with Crippen LogP contribution in [0.3, 0.4) is 0 Å². The van der Waals surface area contributed by atoms with Crippen LogP contribution in [0.5, 0.6) is 11.5 Å². The van der Waals surface area contributed by atoms with E-state index in [1.54, 1.807) is 12.3 Å². The lowest BCUT2D eigenvalue weighted by Gasteiger charge is -2.19. The molecule has 6 heteroatoms. The number of ether oxygens (including phenoxy) is 2. The molecule has 2 aromatic rings. The summed E-state index contributed by atoms with van der Waals surface area (Å²) in [4.78, 5) is 4.17. The first kappa shape index (κ1) is 13.8. The molecule has 0 saturated carbocycles. The van der Waals surface area contributed by atoms with E-state index in [9.17, 15) is 0 Å². The molecular weight excluding hydrogens is 290 g/mol. The van der Waals surface area contributed by atoms with E-state index in [-0.39, 0.29) is 0 Å². The summed E-state index contributed by atoms with van der Waals surface area (Å²) < 4.78 is 11.1. The molecular formula is C15H16ClN3O2. The molecule has 1 aromatic heterocycles. The van der Waals surface area contributed by atoms with Crippen molar-refractivity contribution in [3.05, 3.63) is 41.0 Å². The van der Waals surface area contributed by atoms with Crippen molar-refractivity contribution >= 4 is 23.1 Å². The van der Waals surface area contributed by atoms with Crippen molar-refractivity contribution < 1.29 is 9.47 Å². The molecule has 0 bridgehead atoms. The quantitative estimate of drug-likeness (QED) is 0.909. The summed E-state index contributed by atoms with van der Waals surface area (Å²) >= 11 is 5.82. The summed E-state index contributed by atoms with van der Waals surface area (Å²) in [6.07, 6.45) is 2.41. The van der Waals surface area contributed by atoms with Crippen LogP contribution in [0.4, 0.5) is 11.5 Å². The van der Waals surface area contributed by atoms with Crippen LogP contribution < -0.4 is 20.5 Å². The van der Waals surface area contributed by atoms with Crippen molar-refractivity contribution in [3.8, 4) is 11.5 Å². The third kappa shape index (κ3) is 3.31. The average Bonchev–Trinajstić information content (AvgIpc) is 2.49. The second-order valence-corrected chi connectivity index (χ2v) is 5.18. The lowest BCUT2D eigenvalue weighted by atomic mass is 10.1. The van der Waals surface area contributed by atoms with Crippen molar-refractivity contribution in [1.82, 2.24) is 4.98 Å². The number of aromatic nitrogens is 1. The van der Waals surface area contributed by atoms with Gasteiger partial charge in [0.05, 0.1) is 10.7 Å². The van der Waals surface area contributed by atoms with Gasteiger partial charge in [-0.1, -0.05) is 17.7 Å². The number of nitrogens with zero attached hydrogens (tertiary/aromatic N) is 1. The van der Waals surface area contributed by atoms with E-state index in [2.05, 4.69) is 10.3 Å². The Bertz CT molecular complexity index is 649. The number of hydrogen-bond donors (Lipinski definition) is 2. The van der Waals surface area contributed by atoms with Crippen molar-refractivity contribution in [1.29, 1.82) is 0 Å². The first-order valence-electron chi connectivity index (χ1n) is 6.76. The second kappa shape index (κ2) is 6.10. The monoisotopic (exact) mass is 305 g/mol. The fourth-order valence-corrected chi connectivity index (χ4v) is 2.34. The number of hydrogen-bond acceptors (Lipinski definition) is 5. The molecule has 21 heavy (non-hydrogen) atoms. The molecule has 0 fully saturated rings. The van der Waals surface area contributed by atoms with Gasteiger partial charge in [0.15, 0.2) is 11.5 Å². The van der Waals surface area contributed by atoms with E-state index in [0.29, 0.717) is 29.7 Å². The van der Waals surface area contributed by atoms with Gasteiger partial charge in [0.1, 0.15) is 19.0 Å². The van der Waals surface area contributed by atoms with E-state index >= 15 is 0 Å². The largest absolute Gasteiger partial charge is 0.486 e. The third-order valence-corrected chi connectivity index (χ3v) is 3.40. The molecule has 0 amide bonds. The van der Waals surface area contributed by atoms with Crippen LogP contribution in [-0.4, -0.2) is 24.7 Å². The van der Waals surface area contributed by atoms with Crippen LogP contribution in [0, 0.1) is 0 Å². The zero-order valence-electron chi connectivity index (χ0n) is 11.4. The maximum atomic E-state index is 5.85. The van der Waals surface area contributed by atoms with Crippen LogP contribution in [0.25, 0.3) is 0 Å². The van der Waals surface area contributed by atoms with E-state index in [1.165, 1.54) is 5.56 Å². The molecule has 3 rings (SSSR count). The number of nitrogens with two attached hydrogens (primary N) is 1. The van der Waals surface area contributed by atoms with E-state index in [1.807, 2.05) is 18.2 Å². The van der Waals surface area contributed by atoms with E-state index in [0.717, 1.165) is 24.5 Å². The fraction of sp³-hybridized carbons (Fsp3) is 0.267. The summed E-state index contributed by atoms with van der Waals surface area (Å²) in [7, 11) is 0. The van der Waals surface area contributed by atoms with Crippen molar-refractivity contribution in [2.75, 3.05) is 30.8 Å². The predicted molar refractivity (Wildman–Crippen MR) is 83.3 cm³/mol. The Morgan fingerprint density at radius 2 is 2.00 bits per heavy atom. The van der Waals surface area contributed by atoms with Crippen LogP contribution in [-0.2, 0) is 6.42 Å². The van der Waals surface area contributed by atoms with Gasteiger partial charge in [0.25, 0.3) is 0 Å². The molecule has 0 spiro atoms. The minimum Gasteiger partial charge on any atom is -0.486 e. The molecule has 5 nitrogen and oxygen atoms in total. The summed E-state index contributed by atoms with van der Waals surface area (Å²) in [6.45, 7) is 1.92. The highest BCUT2D eigenvalue weighted by atomic mass is 35.5. The zero-order valence-corrected chi connectivity index (χ0v) is 12.2. The number of benzene rings is 1. The SMILES string of the molecule is Nc1cc(Cl)cnc1NCCc1ccc2c(c1)OCCO2. The summed E-state index contributed by atoms with van der Waals surface area (Å²) in [6, 6.07) is 7.67. The van der Waals surface area contributed by atoms with Crippen molar-refractivity contribution in [3.63, 3.8) is 0 Å². The molecule has 1 aliphatic rings. The number of anilines is 2. The predicted octanol–water partition coefficient (Wildman–Crippen LogP) is 2.74. The van der Waals surface area contributed by atoms with Gasteiger partial charge in [-0.2, -0.15) is 0 Å². The molecule has 2 heterocycles. The Morgan fingerprint density at radius 3 is 2.81 bits per heavy atom. The van der Waals surface area contributed by atoms with Crippen molar-refractivity contribution in [2.45, 2.75) is 6.42 Å². The van der Waals surface area contributed by atoms with Gasteiger partial charge in [-0.25, -0.2) is 4.98 Å². The molecule has 0 aliphatic carbocycles. The topological polar surface area (TPSA) is 69.4 Å². The molecule has 0 radical (unpaired) electrons. The molecule has 0 atom stereocenters. The number of halogens is 1. The molecule has 110 valence electrons. The van der Waals surface area contributed by atoms with E-state index in [4.69, 9.17) is 26.8 Å². The zero-order chi connectivity index (χ0) is 14.7. The summed E-state index contributed by atoms with van der Waals surface area (Å²) in [5.41, 5.74) is 7.56. The van der Waals surface area contributed by atoms with Gasteiger partial charge in [0.2, 0.25) is 0 Å². The van der Waals surface area contributed by atoms with Crippen LogP contribution in [0.2, 0.25) is 5.02 Å². The smallest absolute Gasteiger partial charge is 0.161 e. The molecule has 3 N–H and O–H groups in total. The second-order valence-electron chi connectivity index (χ2n) is 4.75. The first-order valence-corrected chi connectivity index (χ1v) is 7.13. The van der Waals surface area contributed by atoms with Gasteiger partial charge < -0.3 is 20.5 Å². The highest BCUT2D eigenvalue weighted by Gasteiger charge is 2.11. The summed E-state index contributed by atoms with van der Waals surface area (Å²) in [5.74, 6) is 2.27. The number of fused-ring (bicyclic) bond motifs is 1. The number of nitrogens with one attached hydrogen (secondary N) is 1. The Labute approximate surface area is 128 Å². The van der Waals surface area contributed by atoms with Crippen LogP contribution >= 0.6 is 11.6 Å². The standard InChI is InChI=1S/C15H16ClN3O2/c16-11-8-12(17)15(19-9-11)18-4-3-10-1-2-13-14(7-10)21-6-5-20-13/h1-2,7-9H,3-6,17H2,(H,18,19). The molecule has 1 aliphatic heterocycles. The Hall–Kier alpha value is -2.14. The number of rotatable bonds is 4. The van der Waals surface area contributed by atoms with Crippen molar-refractivity contribution in [2.24, 2.45) is 0 Å². The van der Waals surface area contributed by atoms with Gasteiger partial charge >= 0.3 is 0 Å². The number of nitrogen functional groups attached to an aromatic ring is 1. The fourth-order valence-electron chi connectivity index (χ4n) is 2.17. The summed E-state index contributed by atoms with van der Waals surface area (Å²) in [5, 5.41) is 3.73. The van der Waals surface area contributed by atoms with Crippen LogP contribution in [0.15, 0.2) is 30.5 Å². The highest BCUT2D eigenvalue weighted by molar-refractivity contribution is 6.30. The van der Waals surface area contributed by atoms with E-state index < -0.39 is 0 Å². The lowest BCUT2D eigenvalue weighted by Crippen LogP contribution is -2.15.